The molecule has 0 aromatic heterocycles. The number of nitrogens with one attached hydrogen (secondary N) is 2. The van der Waals surface area contributed by atoms with Gasteiger partial charge in [0.1, 0.15) is 12.4 Å². The van der Waals surface area contributed by atoms with Crippen molar-refractivity contribution in [1.29, 1.82) is 0 Å². The molecule has 28 heavy (non-hydrogen) atoms. The number of aliphatic hydroxyl groups is 1. The Labute approximate surface area is 162 Å². The second-order valence-corrected chi connectivity index (χ2v) is 6.08. The van der Waals surface area contributed by atoms with E-state index in [-0.39, 0.29) is 5.56 Å². The topological polar surface area (TPSA) is 98.7 Å². The first kappa shape index (κ1) is 21.0. The minimum absolute atomic E-state index is 0.221. The van der Waals surface area contributed by atoms with Gasteiger partial charge in [-0.1, -0.05) is 12.1 Å². The predicted octanol–water partition coefficient (Wildman–Crippen LogP) is 1.28. The van der Waals surface area contributed by atoms with Gasteiger partial charge >= 0.3 is 0 Å². The van der Waals surface area contributed by atoms with Gasteiger partial charge in [0, 0.05) is 38.0 Å². The summed E-state index contributed by atoms with van der Waals surface area (Å²) in [6.45, 7) is -0.865. The molecule has 0 aliphatic rings. The molecule has 2 aromatic rings. The van der Waals surface area contributed by atoms with E-state index in [1.54, 1.807) is 31.3 Å². The van der Waals surface area contributed by atoms with Crippen LogP contribution in [0.15, 0.2) is 42.5 Å². The van der Waals surface area contributed by atoms with Crippen LogP contribution in [0.25, 0.3) is 11.1 Å². The molecule has 7 nitrogen and oxygen atoms in total. The van der Waals surface area contributed by atoms with Crippen molar-refractivity contribution in [2.45, 2.75) is 6.04 Å². The molecule has 1 unspecified atom stereocenters. The van der Waals surface area contributed by atoms with Gasteiger partial charge in [-0.25, -0.2) is 4.39 Å². The first-order chi connectivity index (χ1) is 13.3. The summed E-state index contributed by atoms with van der Waals surface area (Å²) in [4.78, 5) is 37.4. The van der Waals surface area contributed by atoms with Crippen molar-refractivity contribution in [3.8, 4) is 11.1 Å². The molecule has 2 aromatic carbocycles. The Kier molecular flexibility index (Phi) is 6.84. The molecule has 0 bridgehead atoms. The Morgan fingerprint density at radius 2 is 1.75 bits per heavy atom. The van der Waals surface area contributed by atoms with Crippen LogP contribution in [-0.2, 0) is 9.59 Å². The zero-order valence-electron chi connectivity index (χ0n) is 15.8. The monoisotopic (exact) mass is 387 g/mol. The third kappa shape index (κ3) is 4.34. The number of aliphatic hydroxyl groups excluding tert-OH is 1. The fourth-order valence-corrected chi connectivity index (χ4v) is 2.78. The molecule has 1 atom stereocenters. The van der Waals surface area contributed by atoms with E-state index in [2.05, 4.69) is 10.6 Å². The summed E-state index contributed by atoms with van der Waals surface area (Å²) < 4.78 is 14.3. The third-order valence-corrected chi connectivity index (χ3v) is 4.36. The summed E-state index contributed by atoms with van der Waals surface area (Å²) in [5.41, 5.74) is 1.82. The minimum atomic E-state index is -1.44. The lowest BCUT2D eigenvalue weighted by molar-refractivity contribution is -0.135. The van der Waals surface area contributed by atoms with Crippen LogP contribution in [-0.4, -0.2) is 61.4 Å². The van der Waals surface area contributed by atoms with E-state index in [9.17, 15) is 18.8 Å². The lowest BCUT2D eigenvalue weighted by Gasteiger charge is -2.25. The van der Waals surface area contributed by atoms with Crippen molar-refractivity contribution in [2.75, 3.05) is 33.1 Å². The molecule has 2 amide bonds. The third-order valence-electron chi connectivity index (χ3n) is 4.36. The number of halogens is 1. The Bertz CT molecular complexity index is 868. The van der Waals surface area contributed by atoms with Gasteiger partial charge in [0.15, 0.2) is 11.8 Å². The highest BCUT2D eigenvalue weighted by Gasteiger charge is 2.32. The molecule has 0 saturated heterocycles. The highest BCUT2D eigenvalue weighted by molar-refractivity contribution is 6.10. The number of carbonyl (C=O) groups excluding carboxylic acids is 3. The maximum absolute atomic E-state index is 14.3. The Morgan fingerprint density at radius 1 is 1.11 bits per heavy atom. The zero-order chi connectivity index (χ0) is 20.8. The number of ketones is 1. The number of carbonyl (C=O) groups is 3. The molecule has 0 fully saturated rings. The summed E-state index contributed by atoms with van der Waals surface area (Å²) in [6.07, 6.45) is 0. The summed E-state index contributed by atoms with van der Waals surface area (Å²) in [5, 5.41) is 14.2. The standard InChI is InChI=1S/C20H22FN3O4/c1-22-14-8-9-15(16(21)10-14)12-4-6-13(7-5-12)20(28)24(3)18(17(26)11-25)19(27)23-2/h4-10,18,22,25H,11H2,1-3H3,(H,23,27). The van der Waals surface area contributed by atoms with Gasteiger partial charge in [0.05, 0.1) is 0 Å². The van der Waals surface area contributed by atoms with E-state index in [1.807, 2.05) is 0 Å². The maximum atomic E-state index is 14.3. The van der Waals surface area contributed by atoms with Gasteiger partial charge in [-0.3, -0.25) is 14.4 Å². The molecule has 8 heteroatoms. The second-order valence-electron chi connectivity index (χ2n) is 6.08. The quantitative estimate of drug-likeness (QED) is 0.622. The first-order valence-corrected chi connectivity index (χ1v) is 8.54. The molecule has 0 aliphatic carbocycles. The first-order valence-electron chi connectivity index (χ1n) is 8.54. The van der Waals surface area contributed by atoms with E-state index in [0.717, 1.165) is 4.90 Å². The number of rotatable bonds is 7. The molecule has 0 spiro atoms. The highest BCUT2D eigenvalue weighted by Crippen LogP contribution is 2.26. The van der Waals surface area contributed by atoms with Crippen molar-refractivity contribution in [3.63, 3.8) is 0 Å². The number of nitrogens with zero attached hydrogens (tertiary/aromatic N) is 1. The molecule has 0 aliphatic heterocycles. The number of amides is 2. The fraction of sp³-hybridized carbons (Fsp3) is 0.250. The highest BCUT2D eigenvalue weighted by atomic mass is 19.1. The summed E-state index contributed by atoms with van der Waals surface area (Å²) >= 11 is 0. The average Bonchev–Trinajstić information content (AvgIpc) is 2.72. The van der Waals surface area contributed by atoms with Gasteiger partial charge in [-0.05, 0) is 35.9 Å². The van der Waals surface area contributed by atoms with Crippen molar-refractivity contribution < 1.29 is 23.9 Å². The number of benzene rings is 2. The maximum Gasteiger partial charge on any atom is 0.254 e. The van der Waals surface area contributed by atoms with E-state index >= 15 is 0 Å². The molecular formula is C20H22FN3O4. The molecule has 0 radical (unpaired) electrons. The molecule has 2 rings (SSSR count). The summed E-state index contributed by atoms with van der Waals surface area (Å²) in [6, 6.07) is 9.45. The van der Waals surface area contributed by atoms with Crippen LogP contribution in [0.3, 0.4) is 0 Å². The van der Waals surface area contributed by atoms with Gasteiger partial charge in [-0.2, -0.15) is 0 Å². The number of likely N-dealkylation sites (N-methyl/N-ethyl adjacent to an activating group) is 2. The van der Waals surface area contributed by atoms with E-state index < -0.39 is 36.1 Å². The zero-order valence-corrected chi connectivity index (χ0v) is 15.8. The Balaban J connectivity index is 2.27. The summed E-state index contributed by atoms with van der Waals surface area (Å²) in [5.74, 6) is -2.47. The lowest BCUT2D eigenvalue weighted by Crippen LogP contribution is -2.52. The molecular weight excluding hydrogens is 365 g/mol. The average molecular weight is 387 g/mol. The number of hydrogen-bond acceptors (Lipinski definition) is 5. The smallest absolute Gasteiger partial charge is 0.254 e. The van der Waals surface area contributed by atoms with Crippen LogP contribution < -0.4 is 10.6 Å². The van der Waals surface area contributed by atoms with Crippen LogP contribution in [0, 0.1) is 5.82 Å². The van der Waals surface area contributed by atoms with Crippen molar-refractivity contribution in [1.82, 2.24) is 10.2 Å². The molecule has 3 N–H and O–H groups in total. The largest absolute Gasteiger partial charge is 0.388 e. The van der Waals surface area contributed by atoms with Crippen molar-refractivity contribution in [3.05, 3.63) is 53.8 Å². The fourth-order valence-electron chi connectivity index (χ4n) is 2.78. The van der Waals surface area contributed by atoms with Crippen molar-refractivity contribution >= 4 is 23.3 Å². The van der Waals surface area contributed by atoms with Crippen LogP contribution in [0.4, 0.5) is 10.1 Å². The number of Topliss-reactive ketones (excluding diaryl/α,β-unsaturated/α-hetero) is 1. The lowest BCUT2D eigenvalue weighted by atomic mass is 10.0. The summed E-state index contributed by atoms with van der Waals surface area (Å²) in [7, 11) is 4.33. The number of anilines is 1. The van der Waals surface area contributed by atoms with E-state index in [1.165, 1.54) is 32.3 Å². The van der Waals surface area contributed by atoms with Gasteiger partial charge in [0.25, 0.3) is 5.91 Å². The van der Waals surface area contributed by atoms with E-state index in [0.29, 0.717) is 16.8 Å². The van der Waals surface area contributed by atoms with Gasteiger partial charge in [-0.15, -0.1) is 0 Å². The van der Waals surface area contributed by atoms with Gasteiger partial charge < -0.3 is 20.6 Å². The van der Waals surface area contributed by atoms with E-state index in [4.69, 9.17) is 5.11 Å². The molecule has 0 heterocycles. The number of hydrogen-bond donors (Lipinski definition) is 3. The predicted molar refractivity (Wildman–Crippen MR) is 103 cm³/mol. The molecule has 148 valence electrons. The Morgan fingerprint density at radius 3 is 2.25 bits per heavy atom. The van der Waals surface area contributed by atoms with Crippen LogP contribution in [0.2, 0.25) is 0 Å². The van der Waals surface area contributed by atoms with Crippen LogP contribution in [0.5, 0.6) is 0 Å². The second kappa shape index (κ2) is 9.09. The van der Waals surface area contributed by atoms with Crippen molar-refractivity contribution in [2.24, 2.45) is 0 Å². The molecule has 0 saturated carbocycles. The van der Waals surface area contributed by atoms with Crippen LogP contribution >= 0.6 is 0 Å². The Hall–Kier alpha value is -3.26. The van der Waals surface area contributed by atoms with Gasteiger partial charge in [0.2, 0.25) is 5.91 Å². The minimum Gasteiger partial charge on any atom is -0.388 e. The van der Waals surface area contributed by atoms with Crippen LogP contribution in [0.1, 0.15) is 10.4 Å². The normalized spacial score (nSPS) is 11.5. The SMILES string of the molecule is CNC(=O)C(C(=O)CO)N(C)C(=O)c1ccc(-c2ccc(NC)cc2F)cc1.